The van der Waals surface area contributed by atoms with Crippen molar-refractivity contribution in [3.63, 3.8) is 0 Å². The molecule has 0 saturated carbocycles. The van der Waals surface area contributed by atoms with E-state index in [1.807, 2.05) is 32.9 Å². The zero-order chi connectivity index (χ0) is 38.2. The van der Waals surface area contributed by atoms with Gasteiger partial charge in [-0.25, -0.2) is 23.2 Å². The Labute approximate surface area is 301 Å². The van der Waals surface area contributed by atoms with E-state index in [-0.39, 0.29) is 22.7 Å². The van der Waals surface area contributed by atoms with Crippen LogP contribution in [0.5, 0.6) is 0 Å². The lowest BCUT2D eigenvalue weighted by Crippen LogP contribution is -2.54. The molecule has 2 aromatic carbocycles. The number of hydrogen-bond acceptors (Lipinski definition) is 7. The predicted octanol–water partition coefficient (Wildman–Crippen LogP) is 7.73. The first-order valence-electron chi connectivity index (χ1n) is 16.0. The minimum absolute atomic E-state index is 0.0310. The molecule has 2 aromatic heterocycles. The van der Waals surface area contributed by atoms with Crippen molar-refractivity contribution in [2.75, 3.05) is 6.61 Å². The number of carbonyl (C=O) groups excluding carboxylic acids is 2. The number of aromatic nitrogens is 4. The molecule has 1 aliphatic heterocycles. The Morgan fingerprint density at radius 1 is 1.04 bits per heavy atom. The van der Waals surface area contributed by atoms with Crippen molar-refractivity contribution in [3.05, 3.63) is 95.2 Å². The summed E-state index contributed by atoms with van der Waals surface area (Å²) in [5.74, 6) is -1.77. The Hall–Kier alpha value is -5.12. The molecule has 1 aliphatic rings. The van der Waals surface area contributed by atoms with Gasteiger partial charge in [0.15, 0.2) is 11.8 Å². The van der Waals surface area contributed by atoms with Gasteiger partial charge in [-0.1, -0.05) is 68.8 Å². The molecular weight excluding hydrogens is 711 g/mol. The summed E-state index contributed by atoms with van der Waals surface area (Å²) in [7, 11) is 0. The van der Waals surface area contributed by atoms with E-state index in [1.54, 1.807) is 41.8 Å². The first-order valence-corrected chi connectivity index (χ1v) is 16.3. The van der Waals surface area contributed by atoms with Crippen LogP contribution in [0.25, 0.3) is 16.9 Å². The fourth-order valence-corrected chi connectivity index (χ4v) is 6.11. The summed E-state index contributed by atoms with van der Waals surface area (Å²) in [5.41, 5.74) is -2.66. The quantitative estimate of drug-likeness (QED) is 0.141. The molecule has 3 N–H and O–H groups in total. The second kappa shape index (κ2) is 14.1. The third kappa shape index (κ3) is 7.71. The molecule has 11 nitrogen and oxygen atoms in total. The third-order valence-electron chi connectivity index (χ3n) is 8.45. The number of guanidine groups is 1. The van der Waals surface area contributed by atoms with Gasteiger partial charge in [-0.05, 0) is 61.1 Å². The highest BCUT2D eigenvalue weighted by Crippen LogP contribution is 2.43. The Kier molecular flexibility index (Phi) is 10.4. The molecule has 52 heavy (non-hydrogen) atoms. The normalized spacial score (nSPS) is 17.3. The lowest BCUT2D eigenvalue weighted by Gasteiger charge is -2.35. The molecule has 1 fully saturated rings. The second-order valence-electron chi connectivity index (χ2n) is 14.0. The van der Waals surface area contributed by atoms with E-state index in [0.717, 1.165) is 35.3 Å². The maximum Gasteiger partial charge on any atom is 0.411 e. The van der Waals surface area contributed by atoms with Crippen LogP contribution in [0, 0.1) is 10.8 Å². The molecule has 5 rings (SSSR count). The average Bonchev–Trinajstić information content (AvgIpc) is 3.64. The fraction of sp³-hybridized carbons (Fsp3) is 0.371. The van der Waals surface area contributed by atoms with Crippen LogP contribution in [-0.2, 0) is 15.1 Å². The number of nitrogens with one attached hydrogen (secondary N) is 3. The number of pyridine rings is 1. The average molecular weight is 747 g/mol. The van der Waals surface area contributed by atoms with Crippen LogP contribution in [0.1, 0.15) is 70.5 Å². The van der Waals surface area contributed by atoms with Gasteiger partial charge in [-0.2, -0.15) is 18.3 Å². The molecule has 0 radical (unpaired) electrons. The minimum Gasteiger partial charge on any atom is -0.447 e. The molecular formula is C35H36ClF5N8O3. The number of alkyl halides is 5. The van der Waals surface area contributed by atoms with Crippen molar-refractivity contribution >= 4 is 29.6 Å². The monoisotopic (exact) mass is 746 g/mol. The minimum atomic E-state index is -4.83. The van der Waals surface area contributed by atoms with E-state index in [2.05, 4.69) is 20.4 Å². The Balaban J connectivity index is 1.59. The van der Waals surface area contributed by atoms with Crippen molar-refractivity contribution in [1.29, 1.82) is 5.41 Å². The van der Waals surface area contributed by atoms with Gasteiger partial charge in [0.05, 0.1) is 22.4 Å². The van der Waals surface area contributed by atoms with E-state index in [4.69, 9.17) is 21.7 Å². The van der Waals surface area contributed by atoms with Crippen molar-refractivity contribution < 1.29 is 36.3 Å². The standard InChI is InChI=1S/C35H36ClF5N8O3/c1-32(2,3)18-34(22-12-9-20(10-13-22)24-8-6-7-15-43-24)29(50)48(30(42)46-34)26(17-52-31(51)47-33(4,5)35(39,40)41)21-11-14-23(36)25(16-21)49-28(27(37)38)44-19-45-49/h6-16,19,26-27H,17-18H2,1-5H3,(H2,42,46)(H,47,51)/t26-,34-/m1/s1. The molecule has 0 spiro atoms. The number of rotatable bonds is 10. The Bertz CT molecular complexity index is 1950. The van der Waals surface area contributed by atoms with E-state index in [0.29, 0.717) is 11.3 Å². The van der Waals surface area contributed by atoms with Crippen LogP contribution in [-0.4, -0.2) is 60.9 Å². The van der Waals surface area contributed by atoms with Crippen LogP contribution in [0.15, 0.2) is 73.2 Å². The molecule has 3 heterocycles. The molecule has 17 heteroatoms. The van der Waals surface area contributed by atoms with Gasteiger partial charge in [-0.3, -0.25) is 20.1 Å². The summed E-state index contributed by atoms with van der Waals surface area (Å²) < 4.78 is 74.4. The summed E-state index contributed by atoms with van der Waals surface area (Å²) in [6.07, 6.45) is -6.58. The number of hydrogen-bond donors (Lipinski definition) is 3. The molecule has 2 atom stereocenters. The Morgan fingerprint density at radius 2 is 1.73 bits per heavy atom. The maximum atomic E-state index is 14.9. The van der Waals surface area contributed by atoms with Crippen LogP contribution in [0.3, 0.4) is 0 Å². The fourth-order valence-electron chi connectivity index (χ4n) is 5.91. The predicted molar refractivity (Wildman–Crippen MR) is 182 cm³/mol. The summed E-state index contributed by atoms with van der Waals surface area (Å²) in [6, 6.07) is 15.2. The number of ether oxygens (including phenoxy) is 1. The SMILES string of the molecule is CC(C)(C)C[C@]1(c2ccc(-c3ccccn3)cc2)NC(=N)N([C@H](COC(=O)NC(C)(C)C(F)(F)F)c2ccc(Cl)c(-n3ncnc3C(F)F)c2)C1=O. The third-order valence-corrected chi connectivity index (χ3v) is 8.77. The summed E-state index contributed by atoms with van der Waals surface area (Å²) in [4.78, 5) is 36.7. The highest BCUT2D eigenvalue weighted by atomic mass is 35.5. The lowest BCUT2D eigenvalue weighted by atomic mass is 9.75. The lowest BCUT2D eigenvalue weighted by molar-refractivity contribution is -0.183. The number of nitrogens with zero attached hydrogens (tertiary/aromatic N) is 5. The smallest absolute Gasteiger partial charge is 0.411 e. The van der Waals surface area contributed by atoms with Gasteiger partial charge < -0.3 is 15.4 Å². The van der Waals surface area contributed by atoms with Crippen LogP contribution in [0.4, 0.5) is 26.7 Å². The number of carbonyl (C=O) groups is 2. The molecule has 276 valence electrons. The number of benzene rings is 2. The highest BCUT2D eigenvalue weighted by molar-refractivity contribution is 6.32. The zero-order valence-electron chi connectivity index (χ0n) is 28.7. The van der Waals surface area contributed by atoms with Crippen molar-refractivity contribution in [1.82, 2.24) is 35.3 Å². The molecule has 0 unspecified atom stereocenters. The van der Waals surface area contributed by atoms with Crippen molar-refractivity contribution in [3.8, 4) is 16.9 Å². The number of alkyl carbamates (subject to hydrolysis) is 1. The van der Waals surface area contributed by atoms with Crippen LogP contribution in [0.2, 0.25) is 5.02 Å². The molecule has 2 amide bonds. The second-order valence-corrected chi connectivity index (χ2v) is 14.4. The van der Waals surface area contributed by atoms with Crippen molar-refractivity contribution in [2.45, 2.75) is 70.8 Å². The Morgan fingerprint density at radius 3 is 2.33 bits per heavy atom. The highest BCUT2D eigenvalue weighted by Gasteiger charge is 2.55. The first-order chi connectivity index (χ1) is 24.2. The van der Waals surface area contributed by atoms with E-state index >= 15 is 0 Å². The van der Waals surface area contributed by atoms with Crippen LogP contribution < -0.4 is 10.6 Å². The van der Waals surface area contributed by atoms with Crippen molar-refractivity contribution in [2.24, 2.45) is 5.41 Å². The van der Waals surface area contributed by atoms with Crippen LogP contribution >= 0.6 is 11.6 Å². The number of halogens is 6. The zero-order valence-corrected chi connectivity index (χ0v) is 29.5. The van der Waals surface area contributed by atoms with Gasteiger partial charge in [0.25, 0.3) is 12.3 Å². The van der Waals surface area contributed by atoms with Gasteiger partial charge in [0.1, 0.15) is 24.0 Å². The molecule has 1 saturated heterocycles. The maximum absolute atomic E-state index is 14.9. The van der Waals surface area contributed by atoms with Gasteiger partial charge in [0, 0.05) is 11.8 Å². The van der Waals surface area contributed by atoms with Gasteiger partial charge in [-0.15, -0.1) is 0 Å². The topological polar surface area (TPSA) is 138 Å². The summed E-state index contributed by atoms with van der Waals surface area (Å²) in [5, 5.41) is 17.7. The van der Waals surface area contributed by atoms with E-state index < -0.39 is 65.5 Å². The van der Waals surface area contributed by atoms with E-state index in [9.17, 15) is 31.5 Å². The largest absolute Gasteiger partial charge is 0.447 e. The van der Waals surface area contributed by atoms with E-state index in [1.165, 1.54) is 18.2 Å². The summed E-state index contributed by atoms with van der Waals surface area (Å²) >= 11 is 6.41. The summed E-state index contributed by atoms with van der Waals surface area (Å²) in [6.45, 7) is 6.49. The molecule has 0 aliphatic carbocycles. The number of amides is 2. The van der Waals surface area contributed by atoms with Gasteiger partial charge in [0.2, 0.25) is 0 Å². The molecule has 0 bridgehead atoms. The van der Waals surface area contributed by atoms with Gasteiger partial charge >= 0.3 is 12.3 Å². The first kappa shape index (κ1) is 38.1. The molecule has 4 aromatic rings.